The van der Waals surface area contributed by atoms with E-state index in [0.29, 0.717) is 5.56 Å². The lowest BCUT2D eigenvalue weighted by molar-refractivity contribution is -0.187. The molecule has 3 rings (SSSR count). The summed E-state index contributed by atoms with van der Waals surface area (Å²) < 4.78 is 10.7. The van der Waals surface area contributed by atoms with Crippen molar-refractivity contribution < 1.29 is 24.2 Å². The van der Waals surface area contributed by atoms with Crippen molar-refractivity contribution in [1.29, 1.82) is 0 Å². The Labute approximate surface area is 181 Å². The summed E-state index contributed by atoms with van der Waals surface area (Å²) in [6, 6.07) is 26.7. The molecule has 0 aromatic heterocycles. The van der Waals surface area contributed by atoms with E-state index in [0.717, 1.165) is 11.1 Å². The molecule has 0 bridgehead atoms. The van der Waals surface area contributed by atoms with Gasteiger partial charge < -0.3 is 14.6 Å². The van der Waals surface area contributed by atoms with Gasteiger partial charge in [-0.25, -0.2) is 9.59 Å². The Bertz CT molecular complexity index is 944. The van der Waals surface area contributed by atoms with Crippen molar-refractivity contribution in [3.8, 4) is 0 Å². The number of esters is 2. The Balaban J connectivity index is 1.86. The molecule has 0 spiro atoms. The van der Waals surface area contributed by atoms with Gasteiger partial charge in [-0.2, -0.15) is 0 Å². The van der Waals surface area contributed by atoms with Gasteiger partial charge in [-0.3, -0.25) is 0 Å². The van der Waals surface area contributed by atoms with Crippen LogP contribution in [0.5, 0.6) is 0 Å². The van der Waals surface area contributed by atoms with E-state index in [9.17, 15) is 14.7 Å². The third-order valence-corrected chi connectivity index (χ3v) is 4.89. The van der Waals surface area contributed by atoms with Crippen molar-refractivity contribution in [2.75, 3.05) is 0 Å². The maximum absolute atomic E-state index is 13.0. The molecule has 5 heteroatoms. The Morgan fingerprint density at radius 1 is 0.774 bits per heavy atom. The van der Waals surface area contributed by atoms with E-state index < -0.39 is 23.5 Å². The summed E-state index contributed by atoms with van der Waals surface area (Å²) in [7, 11) is 0. The normalized spacial score (nSPS) is 11.9. The Morgan fingerprint density at radius 2 is 1.16 bits per heavy atom. The van der Waals surface area contributed by atoms with E-state index in [1.165, 1.54) is 6.08 Å². The van der Waals surface area contributed by atoms with Crippen molar-refractivity contribution in [1.82, 2.24) is 0 Å². The summed E-state index contributed by atoms with van der Waals surface area (Å²) in [6.45, 7) is 3.55. The fourth-order valence-electron chi connectivity index (χ4n) is 3.21. The van der Waals surface area contributed by atoms with Crippen LogP contribution in [-0.4, -0.2) is 22.6 Å². The molecule has 0 fully saturated rings. The zero-order chi connectivity index (χ0) is 22.1. The minimum absolute atomic E-state index is 0.0907. The van der Waals surface area contributed by atoms with E-state index in [2.05, 4.69) is 6.58 Å². The molecule has 0 aliphatic rings. The van der Waals surface area contributed by atoms with Crippen molar-refractivity contribution in [2.24, 2.45) is 0 Å². The van der Waals surface area contributed by atoms with Gasteiger partial charge in [0.15, 0.2) is 0 Å². The smallest absolute Gasteiger partial charge is 0.351 e. The molecular formula is C26H24O5. The number of rotatable bonds is 9. The molecular weight excluding hydrogens is 392 g/mol. The van der Waals surface area contributed by atoms with Crippen LogP contribution >= 0.6 is 0 Å². The molecule has 5 nitrogen and oxygen atoms in total. The molecule has 0 aliphatic carbocycles. The summed E-state index contributed by atoms with van der Waals surface area (Å²) in [4.78, 5) is 26.1. The fraction of sp³-hybridized carbons (Fsp3) is 0.154. The summed E-state index contributed by atoms with van der Waals surface area (Å²) in [5, 5.41) is 11.4. The predicted octanol–water partition coefficient (Wildman–Crippen LogP) is 4.17. The highest BCUT2D eigenvalue weighted by molar-refractivity contribution is 6.05. The summed E-state index contributed by atoms with van der Waals surface area (Å²) >= 11 is 0. The van der Waals surface area contributed by atoms with Crippen LogP contribution < -0.4 is 0 Å². The molecule has 1 atom stereocenters. The van der Waals surface area contributed by atoms with Gasteiger partial charge in [-0.1, -0.05) is 97.1 Å². The van der Waals surface area contributed by atoms with E-state index in [1.54, 1.807) is 78.9 Å². The van der Waals surface area contributed by atoms with Crippen LogP contribution in [0.15, 0.2) is 104 Å². The largest absolute Gasteiger partial charge is 0.458 e. The van der Waals surface area contributed by atoms with E-state index >= 15 is 0 Å². The van der Waals surface area contributed by atoms with Gasteiger partial charge in [0.1, 0.15) is 13.2 Å². The van der Waals surface area contributed by atoms with Crippen LogP contribution in [0.25, 0.3) is 0 Å². The van der Waals surface area contributed by atoms with Crippen molar-refractivity contribution in [3.05, 3.63) is 120 Å². The van der Waals surface area contributed by atoms with Gasteiger partial charge in [-0.05, 0) is 16.7 Å². The summed E-state index contributed by atoms with van der Waals surface area (Å²) in [6.07, 6.45) is 1.35. The van der Waals surface area contributed by atoms with Gasteiger partial charge in [0.2, 0.25) is 0 Å². The third kappa shape index (κ3) is 5.27. The second kappa shape index (κ2) is 10.4. The first-order chi connectivity index (χ1) is 15.1. The highest BCUT2D eigenvalue weighted by Crippen LogP contribution is 2.33. The van der Waals surface area contributed by atoms with Crippen LogP contribution in [0.4, 0.5) is 0 Å². The molecule has 0 aliphatic heterocycles. The first kappa shape index (κ1) is 22.0. The third-order valence-electron chi connectivity index (χ3n) is 4.89. The topological polar surface area (TPSA) is 72.8 Å². The lowest BCUT2D eigenvalue weighted by atomic mass is 9.82. The molecule has 158 valence electrons. The van der Waals surface area contributed by atoms with Crippen LogP contribution in [0.1, 0.15) is 22.6 Å². The predicted molar refractivity (Wildman–Crippen MR) is 117 cm³/mol. The van der Waals surface area contributed by atoms with E-state index in [-0.39, 0.29) is 13.2 Å². The number of ether oxygens (including phenoxy) is 2. The molecule has 3 aromatic rings. The van der Waals surface area contributed by atoms with Gasteiger partial charge in [-0.15, -0.1) is 6.58 Å². The summed E-state index contributed by atoms with van der Waals surface area (Å²) in [5.41, 5.74) is -0.600. The zero-order valence-corrected chi connectivity index (χ0v) is 17.0. The number of benzene rings is 3. The molecule has 0 saturated heterocycles. The first-order valence-electron chi connectivity index (χ1n) is 9.88. The highest BCUT2D eigenvalue weighted by atomic mass is 16.6. The molecule has 1 N–H and O–H groups in total. The quantitative estimate of drug-likeness (QED) is 0.322. The number of aliphatic hydroxyl groups is 1. The fourth-order valence-corrected chi connectivity index (χ4v) is 3.21. The molecule has 0 amide bonds. The van der Waals surface area contributed by atoms with Crippen LogP contribution in [0, 0.1) is 0 Å². The van der Waals surface area contributed by atoms with Crippen molar-refractivity contribution in [3.63, 3.8) is 0 Å². The van der Waals surface area contributed by atoms with Gasteiger partial charge >= 0.3 is 11.9 Å². The molecule has 0 radical (unpaired) electrons. The van der Waals surface area contributed by atoms with E-state index in [1.807, 2.05) is 12.1 Å². The molecule has 3 aromatic carbocycles. The minimum atomic E-state index is -2.59. The Morgan fingerprint density at radius 3 is 1.55 bits per heavy atom. The van der Waals surface area contributed by atoms with Crippen LogP contribution in [0.3, 0.4) is 0 Å². The van der Waals surface area contributed by atoms with Gasteiger partial charge in [0.25, 0.3) is 5.60 Å². The Hall–Kier alpha value is -3.70. The Kier molecular flexibility index (Phi) is 7.35. The lowest BCUT2D eigenvalue weighted by Crippen LogP contribution is -2.53. The van der Waals surface area contributed by atoms with Gasteiger partial charge in [0.05, 0.1) is 5.92 Å². The zero-order valence-electron chi connectivity index (χ0n) is 17.0. The second-order valence-electron chi connectivity index (χ2n) is 7.01. The number of carbonyl (C=O) groups is 2. The maximum atomic E-state index is 13.0. The van der Waals surface area contributed by atoms with Crippen molar-refractivity contribution in [2.45, 2.75) is 24.7 Å². The molecule has 0 saturated carbocycles. The SMILES string of the molecule is C=C[C@H](c1ccccc1)C(O)(C(=O)OCc1ccccc1)C(=O)OCc1ccccc1. The standard InChI is InChI=1S/C26H24O5/c1-2-23(22-16-10-5-11-17-22)26(29,24(27)30-18-20-12-6-3-7-13-20)25(28)31-19-21-14-8-4-9-15-21/h2-17,23,29H,1,18-19H2/t23-/m1/s1. The average Bonchev–Trinajstić information content (AvgIpc) is 2.83. The maximum Gasteiger partial charge on any atom is 0.351 e. The highest BCUT2D eigenvalue weighted by Gasteiger charge is 2.53. The van der Waals surface area contributed by atoms with Crippen LogP contribution in [-0.2, 0) is 32.3 Å². The van der Waals surface area contributed by atoms with Crippen molar-refractivity contribution >= 4 is 11.9 Å². The molecule has 0 unspecified atom stereocenters. The second-order valence-corrected chi connectivity index (χ2v) is 7.01. The number of carbonyl (C=O) groups excluding carboxylic acids is 2. The van der Waals surface area contributed by atoms with Gasteiger partial charge in [0, 0.05) is 0 Å². The first-order valence-corrected chi connectivity index (χ1v) is 9.88. The molecule has 0 heterocycles. The lowest BCUT2D eigenvalue weighted by Gasteiger charge is -2.30. The number of hydrogen-bond donors (Lipinski definition) is 1. The monoisotopic (exact) mass is 416 g/mol. The molecule has 31 heavy (non-hydrogen) atoms. The summed E-state index contributed by atoms with van der Waals surface area (Å²) in [5.74, 6) is -3.24. The average molecular weight is 416 g/mol. The minimum Gasteiger partial charge on any atom is -0.458 e. The van der Waals surface area contributed by atoms with Crippen LogP contribution in [0.2, 0.25) is 0 Å². The van der Waals surface area contributed by atoms with E-state index in [4.69, 9.17) is 9.47 Å². The number of hydrogen-bond acceptors (Lipinski definition) is 5.